The maximum absolute atomic E-state index is 13.1. The van der Waals surface area contributed by atoms with Crippen LogP contribution in [0.3, 0.4) is 0 Å². The fraction of sp³-hybridized carbons (Fsp3) is 0.500. The van der Waals surface area contributed by atoms with Crippen LogP contribution in [0.2, 0.25) is 0 Å². The average Bonchev–Trinajstić information content (AvgIpc) is 3.04. The summed E-state index contributed by atoms with van der Waals surface area (Å²) in [6.07, 6.45) is 1.08. The monoisotopic (exact) mass is 383 g/mol. The van der Waals surface area contributed by atoms with Crippen LogP contribution in [-0.2, 0) is 21.4 Å². The number of benzene rings is 1. The van der Waals surface area contributed by atoms with Gasteiger partial charge in [-0.2, -0.15) is 0 Å². The molecule has 1 aromatic carbocycles. The van der Waals surface area contributed by atoms with E-state index in [0.29, 0.717) is 39.0 Å². The van der Waals surface area contributed by atoms with E-state index >= 15 is 0 Å². The molecule has 1 aliphatic heterocycles. The van der Waals surface area contributed by atoms with Gasteiger partial charge in [-0.3, -0.25) is 9.59 Å². The van der Waals surface area contributed by atoms with Crippen LogP contribution in [0.15, 0.2) is 34.9 Å². The Kier molecular flexibility index (Phi) is 5.87. The van der Waals surface area contributed by atoms with Crippen molar-refractivity contribution in [1.82, 2.24) is 15.0 Å². The highest BCUT2D eigenvalue weighted by molar-refractivity contribution is 5.87. The number of carbonyl (C=O) groups is 2. The maximum atomic E-state index is 13.1. The molecule has 1 aliphatic rings. The fourth-order valence-electron chi connectivity index (χ4n) is 3.78. The number of nitrogens with zero attached hydrogens (tertiary/aromatic N) is 3. The highest BCUT2D eigenvalue weighted by atomic mass is 16.5. The van der Waals surface area contributed by atoms with E-state index in [1.807, 2.05) is 67.8 Å². The van der Waals surface area contributed by atoms with Gasteiger partial charge in [0.05, 0.1) is 11.1 Å². The first-order chi connectivity index (χ1) is 13.3. The topological polar surface area (TPSA) is 66.7 Å². The van der Waals surface area contributed by atoms with Crippen LogP contribution >= 0.6 is 0 Å². The molecular weight excluding hydrogens is 354 g/mol. The molecule has 6 heteroatoms. The van der Waals surface area contributed by atoms with Crippen LogP contribution in [0.4, 0.5) is 0 Å². The molecule has 0 radical (unpaired) electrons. The quantitative estimate of drug-likeness (QED) is 0.796. The van der Waals surface area contributed by atoms with E-state index < -0.39 is 5.41 Å². The van der Waals surface area contributed by atoms with Crippen molar-refractivity contribution in [3.8, 4) is 0 Å². The molecule has 2 aromatic rings. The third-order valence-electron chi connectivity index (χ3n) is 5.72. The van der Waals surface area contributed by atoms with Crippen LogP contribution in [0, 0.1) is 13.8 Å². The molecule has 0 aliphatic carbocycles. The minimum absolute atomic E-state index is 0.113. The molecule has 3 rings (SSSR count). The molecule has 0 N–H and O–H groups in total. The lowest BCUT2D eigenvalue weighted by molar-refractivity contribution is -0.142. The Morgan fingerprint density at radius 3 is 2.21 bits per heavy atom. The second kappa shape index (κ2) is 8.17. The molecule has 0 saturated carbocycles. The van der Waals surface area contributed by atoms with E-state index in [0.717, 1.165) is 22.6 Å². The molecule has 150 valence electrons. The first kappa shape index (κ1) is 20.1. The summed E-state index contributed by atoms with van der Waals surface area (Å²) in [7, 11) is 0. The second-order valence-corrected chi connectivity index (χ2v) is 7.97. The van der Waals surface area contributed by atoms with Crippen molar-refractivity contribution >= 4 is 11.8 Å². The minimum atomic E-state index is -0.573. The van der Waals surface area contributed by atoms with Gasteiger partial charge in [0, 0.05) is 38.2 Å². The molecule has 28 heavy (non-hydrogen) atoms. The number of aryl methyl sites for hydroxylation is 2. The Balaban J connectivity index is 1.54. The number of hydrogen-bond acceptors (Lipinski definition) is 4. The zero-order valence-corrected chi connectivity index (χ0v) is 17.2. The highest BCUT2D eigenvalue weighted by Gasteiger charge is 2.35. The minimum Gasteiger partial charge on any atom is -0.361 e. The lowest BCUT2D eigenvalue weighted by Gasteiger charge is -2.39. The molecule has 1 fully saturated rings. The molecule has 0 atom stereocenters. The highest BCUT2D eigenvalue weighted by Crippen LogP contribution is 2.26. The van der Waals surface area contributed by atoms with Gasteiger partial charge in [0.25, 0.3) is 0 Å². The largest absolute Gasteiger partial charge is 0.361 e. The van der Waals surface area contributed by atoms with E-state index in [9.17, 15) is 9.59 Å². The first-order valence-electron chi connectivity index (χ1n) is 9.85. The number of rotatable bonds is 5. The molecule has 2 amide bonds. The van der Waals surface area contributed by atoms with Gasteiger partial charge in [-0.15, -0.1) is 0 Å². The van der Waals surface area contributed by atoms with Crippen LogP contribution in [0.5, 0.6) is 0 Å². The molecule has 0 bridgehead atoms. The number of amides is 2. The van der Waals surface area contributed by atoms with Gasteiger partial charge in [-0.25, -0.2) is 0 Å². The molecule has 1 aromatic heterocycles. The van der Waals surface area contributed by atoms with Crippen molar-refractivity contribution in [3.63, 3.8) is 0 Å². The molecule has 6 nitrogen and oxygen atoms in total. The SMILES string of the molecule is Cc1noc(C)c1CCC(=O)N1CCN(C(=O)C(C)(C)c2ccccc2)CC1. The normalized spacial score (nSPS) is 15.0. The van der Waals surface area contributed by atoms with Gasteiger partial charge in [0.1, 0.15) is 5.76 Å². The molecule has 1 saturated heterocycles. The fourth-order valence-corrected chi connectivity index (χ4v) is 3.78. The van der Waals surface area contributed by atoms with E-state index in [1.165, 1.54) is 0 Å². The summed E-state index contributed by atoms with van der Waals surface area (Å²) in [6.45, 7) is 10.0. The Bertz CT molecular complexity index is 814. The maximum Gasteiger partial charge on any atom is 0.232 e. The predicted molar refractivity (Wildman–Crippen MR) is 107 cm³/mol. The van der Waals surface area contributed by atoms with Crippen LogP contribution in [-0.4, -0.2) is 52.9 Å². The average molecular weight is 383 g/mol. The van der Waals surface area contributed by atoms with Crippen molar-refractivity contribution in [2.45, 2.75) is 46.0 Å². The van der Waals surface area contributed by atoms with Crippen LogP contribution in [0.1, 0.15) is 42.8 Å². The van der Waals surface area contributed by atoms with Gasteiger partial charge in [-0.1, -0.05) is 35.5 Å². The predicted octanol–water partition coefficient (Wildman–Crippen LogP) is 2.87. The number of aromatic nitrogens is 1. The lowest BCUT2D eigenvalue weighted by Crippen LogP contribution is -2.54. The van der Waals surface area contributed by atoms with Crippen molar-refractivity contribution in [2.24, 2.45) is 0 Å². The summed E-state index contributed by atoms with van der Waals surface area (Å²) in [6, 6.07) is 9.86. The summed E-state index contributed by atoms with van der Waals surface area (Å²) in [5.41, 5.74) is 2.31. The Morgan fingerprint density at radius 1 is 1.04 bits per heavy atom. The van der Waals surface area contributed by atoms with Crippen molar-refractivity contribution in [2.75, 3.05) is 26.2 Å². The lowest BCUT2D eigenvalue weighted by atomic mass is 9.83. The second-order valence-electron chi connectivity index (χ2n) is 7.97. The van der Waals surface area contributed by atoms with Gasteiger partial charge >= 0.3 is 0 Å². The Morgan fingerprint density at radius 2 is 1.64 bits per heavy atom. The van der Waals surface area contributed by atoms with E-state index in [1.54, 1.807) is 0 Å². The van der Waals surface area contributed by atoms with E-state index in [2.05, 4.69) is 5.16 Å². The summed E-state index contributed by atoms with van der Waals surface area (Å²) in [5.74, 6) is 1.01. The standard InChI is InChI=1S/C22H29N3O3/c1-16-19(17(2)28-23-16)10-11-20(26)24-12-14-25(15-13-24)21(27)22(3,4)18-8-6-5-7-9-18/h5-9H,10-15H2,1-4H3. The Hall–Kier alpha value is -2.63. The first-order valence-corrected chi connectivity index (χ1v) is 9.85. The number of piperazine rings is 1. The number of carbonyl (C=O) groups excluding carboxylic acids is 2. The molecular formula is C22H29N3O3. The third-order valence-corrected chi connectivity index (χ3v) is 5.72. The van der Waals surface area contributed by atoms with Crippen LogP contribution < -0.4 is 0 Å². The molecule has 0 unspecified atom stereocenters. The third kappa shape index (κ3) is 4.11. The Labute approximate surface area is 166 Å². The molecule has 0 spiro atoms. The summed E-state index contributed by atoms with van der Waals surface area (Å²) in [4.78, 5) is 29.4. The van der Waals surface area contributed by atoms with E-state index in [4.69, 9.17) is 4.52 Å². The summed E-state index contributed by atoms with van der Waals surface area (Å²) in [5, 5.41) is 3.94. The van der Waals surface area contributed by atoms with Crippen molar-refractivity contribution < 1.29 is 14.1 Å². The summed E-state index contributed by atoms with van der Waals surface area (Å²) >= 11 is 0. The van der Waals surface area contributed by atoms with Crippen LogP contribution in [0.25, 0.3) is 0 Å². The van der Waals surface area contributed by atoms with Gasteiger partial charge < -0.3 is 14.3 Å². The number of hydrogen-bond donors (Lipinski definition) is 0. The molecule has 2 heterocycles. The van der Waals surface area contributed by atoms with E-state index in [-0.39, 0.29) is 11.8 Å². The van der Waals surface area contributed by atoms with Gasteiger partial charge in [-0.05, 0) is 39.7 Å². The zero-order valence-electron chi connectivity index (χ0n) is 17.2. The van der Waals surface area contributed by atoms with Gasteiger partial charge in [0.2, 0.25) is 11.8 Å². The summed E-state index contributed by atoms with van der Waals surface area (Å²) < 4.78 is 5.16. The van der Waals surface area contributed by atoms with Crippen molar-refractivity contribution in [1.29, 1.82) is 0 Å². The van der Waals surface area contributed by atoms with Gasteiger partial charge in [0.15, 0.2) is 0 Å². The smallest absolute Gasteiger partial charge is 0.232 e. The van der Waals surface area contributed by atoms with Crippen molar-refractivity contribution in [3.05, 3.63) is 52.9 Å². The zero-order chi connectivity index (χ0) is 20.3.